The van der Waals surface area contributed by atoms with E-state index in [0.29, 0.717) is 6.54 Å². The van der Waals surface area contributed by atoms with E-state index in [1.54, 1.807) is 4.90 Å². The number of halogens is 1. The van der Waals surface area contributed by atoms with Crippen LogP contribution in [0.2, 0.25) is 0 Å². The summed E-state index contributed by atoms with van der Waals surface area (Å²) in [5, 5.41) is 3.11. The lowest BCUT2D eigenvalue weighted by Crippen LogP contribution is -2.43. The van der Waals surface area contributed by atoms with E-state index in [1.807, 2.05) is 32.0 Å². The number of benzene rings is 1. The quantitative estimate of drug-likeness (QED) is 0.794. The smallest absolute Gasteiger partial charge is 0.316 e. The maximum Gasteiger partial charge on any atom is 0.316 e. The molecule has 4 rings (SSSR count). The highest BCUT2D eigenvalue weighted by Crippen LogP contribution is 2.28. The Morgan fingerprint density at radius 3 is 2.52 bits per heavy atom. The van der Waals surface area contributed by atoms with Gasteiger partial charge in [-0.2, -0.15) is 0 Å². The average Bonchev–Trinajstić information content (AvgIpc) is 3.15. The number of anilines is 1. The van der Waals surface area contributed by atoms with Gasteiger partial charge in [-0.25, -0.2) is 14.4 Å². The fraction of sp³-hybridized carbons (Fsp3) is 0.478. The number of aryl methyl sites for hydroxylation is 2. The van der Waals surface area contributed by atoms with Crippen molar-refractivity contribution in [3.05, 3.63) is 47.5 Å². The van der Waals surface area contributed by atoms with Crippen LogP contribution in [0.5, 0.6) is 6.01 Å². The topological polar surface area (TPSA) is 84.4 Å². The molecule has 1 aliphatic heterocycles. The van der Waals surface area contributed by atoms with Crippen LogP contribution in [0.3, 0.4) is 0 Å². The van der Waals surface area contributed by atoms with Crippen molar-refractivity contribution in [1.82, 2.24) is 15.3 Å². The van der Waals surface area contributed by atoms with Gasteiger partial charge in [0.15, 0.2) is 5.82 Å². The van der Waals surface area contributed by atoms with Gasteiger partial charge in [0, 0.05) is 24.7 Å². The molecule has 0 radical (unpaired) electrons. The lowest BCUT2D eigenvalue weighted by molar-refractivity contribution is -0.127. The minimum atomic E-state index is -0.500. The van der Waals surface area contributed by atoms with E-state index in [1.165, 1.54) is 5.56 Å². The van der Waals surface area contributed by atoms with Crippen LogP contribution in [0.25, 0.3) is 0 Å². The van der Waals surface area contributed by atoms with Gasteiger partial charge in [0.25, 0.3) is 0 Å². The van der Waals surface area contributed by atoms with Crippen molar-refractivity contribution in [3.8, 4) is 6.01 Å². The Kier molecular flexibility index (Phi) is 6.15. The molecule has 7 nitrogen and oxygen atoms in total. The van der Waals surface area contributed by atoms with E-state index >= 15 is 0 Å². The zero-order valence-electron chi connectivity index (χ0n) is 17.8. The summed E-state index contributed by atoms with van der Waals surface area (Å²) in [6, 6.07) is 6.17. The molecule has 2 aliphatic rings. The second kappa shape index (κ2) is 8.99. The zero-order valence-corrected chi connectivity index (χ0v) is 17.8. The molecule has 2 amide bonds. The van der Waals surface area contributed by atoms with E-state index in [0.717, 1.165) is 49.3 Å². The third-order valence-electron chi connectivity index (χ3n) is 6.19. The third-order valence-corrected chi connectivity index (χ3v) is 6.19. The predicted molar refractivity (Wildman–Crippen MR) is 113 cm³/mol. The fourth-order valence-electron chi connectivity index (χ4n) is 4.18. The second-order valence-electron chi connectivity index (χ2n) is 8.46. The van der Waals surface area contributed by atoms with E-state index in [9.17, 15) is 14.0 Å². The van der Waals surface area contributed by atoms with Crippen molar-refractivity contribution in [2.24, 2.45) is 5.92 Å². The van der Waals surface area contributed by atoms with Crippen LogP contribution in [0.15, 0.2) is 30.6 Å². The highest BCUT2D eigenvalue weighted by molar-refractivity contribution is 6.00. The van der Waals surface area contributed by atoms with Crippen molar-refractivity contribution in [2.45, 2.75) is 58.1 Å². The van der Waals surface area contributed by atoms with Crippen molar-refractivity contribution < 1.29 is 18.7 Å². The first kappa shape index (κ1) is 21.2. The van der Waals surface area contributed by atoms with Gasteiger partial charge >= 0.3 is 6.01 Å². The van der Waals surface area contributed by atoms with Crippen molar-refractivity contribution in [2.75, 3.05) is 11.4 Å². The maximum absolute atomic E-state index is 12.9. The first-order chi connectivity index (χ1) is 14.9. The van der Waals surface area contributed by atoms with Crippen LogP contribution >= 0.6 is 0 Å². The van der Waals surface area contributed by atoms with Crippen molar-refractivity contribution in [1.29, 1.82) is 0 Å². The maximum atomic E-state index is 12.9. The summed E-state index contributed by atoms with van der Waals surface area (Å²) in [5.41, 5.74) is 3.16. The molecule has 8 heteroatoms. The van der Waals surface area contributed by atoms with Gasteiger partial charge in [0.2, 0.25) is 11.8 Å². The molecule has 31 heavy (non-hydrogen) atoms. The lowest BCUT2D eigenvalue weighted by Gasteiger charge is -2.29. The Hall–Kier alpha value is -3.03. The summed E-state index contributed by atoms with van der Waals surface area (Å²) < 4.78 is 18.6. The Labute approximate surface area is 181 Å². The number of aromatic nitrogens is 2. The van der Waals surface area contributed by atoms with Crippen LogP contribution in [-0.2, 0) is 9.59 Å². The Morgan fingerprint density at radius 1 is 1.13 bits per heavy atom. The van der Waals surface area contributed by atoms with Gasteiger partial charge in [-0.05, 0) is 62.8 Å². The number of nitrogens with zero attached hydrogens (tertiary/aromatic N) is 3. The number of amides is 2. The normalized spacial score (nSPS) is 23.6. The van der Waals surface area contributed by atoms with Crippen LogP contribution in [0.1, 0.15) is 43.2 Å². The van der Waals surface area contributed by atoms with Crippen LogP contribution < -0.4 is 15.0 Å². The summed E-state index contributed by atoms with van der Waals surface area (Å²) in [4.78, 5) is 34.7. The summed E-state index contributed by atoms with van der Waals surface area (Å²) in [7, 11) is 0. The summed E-state index contributed by atoms with van der Waals surface area (Å²) in [6.07, 6.45) is 5.41. The van der Waals surface area contributed by atoms with Gasteiger partial charge in [0.05, 0.1) is 18.3 Å². The van der Waals surface area contributed by atoms with Gasteiger partial charge in [-0.1, -0.05) is 6.07 Å². The average molecular weight is 426 g/mol. The predicted octanol–water partition coefficient (Wildman–Crippen LogP) is 3.09. The van der Waals surface area contributed by atoms with E-state index in [2.05, 4.69) is 15.3 Å². The van der Waals surface area contributed by atoms with E-state index < -0.39 is 5.82 Å². The molecule has 0 bridgehead atoms. The second-order valence-corrected chi connectivity index (χ2v) is 8.46. The van der Waals surface area contributed by atoms with Crippen LogP contribution in [0.4, 0.5) is 10.1 Å². The number of rotatable bonds is 5. The summed E-state index contributed by atoms with van der Waals surface area (Å²) in [5.74, 6) is -0.915. The molecule has 1 saturated carbocycles. The van der Waals surface area contributed by atoms with Gasteiger partial charge in [-0.3, -0.25) is 9.59 Å². The standard InChI is InChI=1S/C23H27FN4O3/c1-14-3-6-19(9-15(14)2)28-13-16(10-21(28)29)22(30)27-18-4-7-20(8-5-18)31-23-25-11-17(24)12-26-23/h3,6,9,11-12,16,18,20H,4-5,7-8,10,13H2,1-2H3,(H,27,30). The van der Waals surface area contributed by atoms with Gasteiger partial charge in [0.1, 0.15) is 6.10 Å². The number of carbonyl (C=O) groups excluding carboxylic acids is 2. The number of nitrogens with one attached hydrogen (secondary N) is 1. The van der Waals surface area contributed by atoms with E-state index in [4.69, 9.17) is 4.74 Å². The molecule has 1 unspecified atom stereocenters. The Bertz CT molecular complexity index is 958. The lowest BCUT2D eigenvalue weighted by atomic mass is 9.92. The monoisotopic (exact) mass is 426 g/mol. The molecular weight excluding hydrogens is 399 g/mol. The molecule has 2 fully saturated rings. The largest absolute Gasteiger partial charge is 0.460 e. The Morgan fingerprint density at radius 2 is 1.84 bits per heavy atom. The minimum Gasteiger partial charge on any atom is -0.460 e. The van der Waals surface area contributed by atoms with E-state index in [-0.39, 0.29) is 42.3 Å². The summed E-state index contributed by atoms with van der Waals surface area (Å²) >= 11 is 0. The first-order valence-electron chi connectivity index (χ1n) is 10.7. The molecule has 1 N–H and O–H groups in total. The SMILES string of the molecule is Cc1ccc(N2CC(C(=O)NC3CCC(Oc4ncc(F)cn4)CC3)CC2=O)cc1C. The molecule has 1 saturated heterocycles. The molecule has 2 aromatic rings. The number of carbonyl (C=O) groups is 2. The molecule has 0 spiro atoms. The molecule has 164 valence electrons. The van der Waals surface area contributed by atoms with Crippen molar-refractivity contribution in [3.63, 3.8) is 0 Å². The summed E-state index contributed by atoms with van der Waals surface area (Å²) in [6.45, 7) is 4.47. The number of hydrogen-bond donors (Lipinski definition) is 1. The van der Waals surface area contributed by atoms with Crippen molar-refractivity contribution >= 4 is 17.5 Å². The molecular formula is C23H27FN4O3. The van der Waals surface area contributed by atoms with Crippen LogP contribution in [-0.4, -0.2) is 40.5 Å². The molecule has 2 heterocycles. The van der Waals surface area contributed by atoms with Gasteiger partial charge in [-0.15, -0.1) is 0 Å². The molecule has 1 aromatic carbocycles. The number of hydrogen-bond acceptors (Lipinski definition) is 5. The van der Waals surface area contributed by atoms with Crippen LogP contribution in [0, 0.1) is 25.6 Å². The third kappa shape index (κ3) is 5.00. The van der Waals surface area contributed by atoms with Gasteiger partial charge < -0.3 is 15.0 Å². The Balaban J connectivity index is 1.27. The highest BCUT2D eigenvalue weighted by atomic mass is 19.1. The minimum absolute atomic E-state index is 0.0141. The molecule has 1 atom stereocenters. The fourth-order valence-corrected chi connectivity index (χ4v) is 4.18. The highest BCUT2D eigenvalue weighted by Gasteiger charge is 2.36. The first-order valence-corrected chi connectivity index (χ1v) is 10.7. The zero-order chi connectivity index (χ0) is 22.0. The number of ether oxygens (including phenoxy) is 1. The molecule has 1 aromatic heterocycles. The molecule has 1 aliphatic carbocycles.